The molecule has 2 aromatic heterocycles. The Morgan fingerprint density at radius 1 is 1.35 bits per heavy atom. The molecule has 0 aliphatic rings. The smallest absolute Gasteiger partial charge is 0.284 e. The van der Waals surface area contributed by atoms with E-state index in [9.17, 15) is 9.59 Å². The summed E-state index contributed by atoms with van der Waals surface area (Å²) in [6, 6.07) is 1.86. The molecule has 0 saturated carbocycles. The second-order valence-corrected chi connectivity index (χ2v) is 5.96. The topological polar surface area (TPSA) is 44.0 Å². The van der Waals surface area contributed by atoms with Crippen molar-refractivity contribution in [2.45, 2.75) is 27.3 Å². The molecule has 2 rings (SSSR count). The number of hydrogen-bond acceptors (Lipinski definition) is 3. The molecular formula is C12H16N2O2S. The molecule has 17 heavy (non-hydrogen) atoms. The fourth-order valence-electron chi connectivity index (χ4n) is 1.92. The lowest BCUT2D eigenvalue weighted by atomic mass is 10.2. The molecule has 0 aromatic carbocycles. The second-order valence-electron chi connectivity index (χ2n) is 4.73. The number of thiophene rings is 1. The summed E-state index contributed by atoms with van der Waals surface area (Å²) < 4.78 is 2.90. The zero-order chi connectivity index (χ0) is 12.7. The van der Waals surface area contributed by atoms with Crippen LogP contribution in [0.15, 0.2) is 15.7 Å². The lowest BCUT2D eigenvalue weighted by Crippen LogP contribution is -2.38. The third kappa shape index (κ3) is 1.95. The van der Waals surface area contributed by atoms with Gasteiger partial charge in [-0.05, 0) is 18.9 Å². The van der Waals surface area contributed by atoms with Gasteiger partial charge in [-0.3, -0.25) is 13.9 Å². The van der Waals surface area contributed by atoms with Gasteiger partial charge in [-0.15, -0.1) is 11.3 Å². The van der Waals surface area contributed by atoms with Gasteiger partial charge in [-0.2, -0.15) is 0 Å². The monoisotopic (exact) mass is 252 g/mol. The molecule has 0 fully saturated rings. The molecule has 0 amide bonds. The Kier molecular flexibility index (Phi) is 2.95. The van der Waals surface area contributed by atoms with E-state index in [1.165, 1.54) is 23.0 Å². The number of hydrogen-bond donors (Lipinski definition) is 0. The normalized spacial score (nSPS) is 11.6. The number of aromatic nitrogens is 2. The van der Waals surface area contributed by atoms with Gasteiger partial charge in [0.2, 0.25) is 0 Å². The van der Waals surface area contributed by atoms with E-state index >= 15 is 0 Å². The first-order valence-corrected chi connectivity index (χ1v) is 6.43. The van der Waals surface area contributed by atoms with Gasteiger partial charge in [-0.1, -0.05) is 13.8 Å². The summed E-state index contributed by atoms with van der Waals surface area (Å²) in [6.45, 7) is 6.71. The van der Waals surface area contributed by atoms with Crippen LogP contribution in [0, 0.1) is 12.8 Å². The molecule has 0 aliphatic heterocycles. The van der Waals surface area contributed by atoms with Gasteiger partial charge in [0.1, 0.15) is 4.83 Å². The van der Waals surface area contributed by atoms with E-state index in [2.05, 4.69) is 13.8 Å². The van der Waals surface area contributed by atoms with Gasteiger partial charge < -0.3 is 0 Å². The summed E-state index contributed by atoms with van der Waals surface area (Å²) in [6.07, 6.45) is 0. The average Bonchev–Trinajstić information content (AvgIpc) is 2.63. The van der Waals surface area contributed by atoms with Crippen molar-refractivity contribution in [3.63, 3.8) is 0 Å². The van der Waals surface area contributed by atoms with Gasteiger partial charge in [-0.25, -0.2) is 4.79 Å². The van der Waals surface area contributed by atoms with Gasteiger partial charge in [0.05, 0.1) is 5.39 Å². The first kappa shape index (κ1) is 12.1. The first-order valence-electron chi connectivity index (χ1n) is 5.61. The third-order valence-corrected chi connectivity index (χ3v) is 3.75. The summed E-state index contributed by atoms with van der Waals surface area (Å²) in [4.78, 5) is 25.9. The lowest BCUT2D eigenvalue weighted by molar-refractivity contribution is 0.504. The van der Waals surface area contributed by atoms with Crippen molar-refractivity contribution < 1.29 is 0 Å². The maximum Gasteiger partial charge on any atom is 0.331 e. The second kappa shape index (κ2) is 4.14. The predicted molar refractivity (Wildman–Crippen MR) is 70.9 cm³/mol. The highest BCUT2D eigenvalue weighted by Crippen LogP contribution is 2.21. The van der Waals surface area contributed by atoms with Crippen molar-refractivity contribution in [2.75, 3.05) is 0 Å². The summed E-state index contributed by atoms with van der Waals surface area (Å²) in [7, 11) is 1.54. The molecule has 2 heterocycles. The summed E-state index contributed by atoms with van der Waals surface area (Å²) in [5.41, 5.74) is -0.424. The van der Waals surface area contributed by atoms with Gasteiger partial charge in [0.15, 0.2) is 0 Å². The Labute approximate surface area is 103 Å². The molecule has 4 nitrogen and oxygen atoms in total. The van der Waals surface area contributed by atoms with Gasteiger partial charge in [0.25, 0.3) is 5.56 Å². The summed E-state index contributed by atoms with van der Waals surface area (Å²) in [5.74, 6) is 0.371. The van der Waals surface area contributed by atoms with E-state index in [1.54, 1.807) is 4.57 Å². The van der Waals surface area contributed by atoms with Crippen LogP contribution in [-0.4, -0.2) is 9.13 Å². The van der Waals surface area contributed by atoms with E-state index in [0.29, 0.717) is 17.8 Å². The van der Waals surface area contributed by atoms with Gasteiger partial charge in [0, 0.05) is 18.5 Å². The van der Waals surface area contributed by atoms with Crippen LogP contribution in [0.4, 0.5) is 0 Å². The van der Waals surface area contributed by atoms with Crippen LogP contribution in [0.5, 0.6) is 0 Å². The largest absolute Gasteiger partial charge is 0.331 e. The molecule has 0 aliphatic carbocycles. The van der Waals surface area contributed by atoms with Crippen LogP contribution in [0.25, 0.3) is 10.2 Å². The van der Waals surface area contributed by atoms with Crippen molar-refractivity contribution in [3.8, 4) is 0 Å². The van der Waals surface area contributed by atoms with Crippen molar-refractivity contribution in [1.29, 1.82) is 0 Å². The molecule has 0 spiro atoms. The van der Waals surface area contributed by atoms with Crippen LogP contribution in [-0.2, 0) is 13.6 Å². The van der Waals surface area contributed by atoms with Crippen molar-refractivity contribution in [3.05, 3.63) is 31.8 Å². The zero-order valence-electron chi connectivity index (χ0n) is 10.5. The minimum atomic E-state index is -0.224. The molecule has 0 N–H and O–H groups in total. The van der Waals surface area contributed by atoms with Crippen LogP contribution in [0.1, 0.15) is 18.7 Å². The SMILES string of the molecule is Cc1cc2c(=O)n(C)c(=O)n(CC(C)C)c2s1. The van der Waals surface area contributed by atoms with E-state index in [4.69, 9.17) is 0 Å². The van der Waals surface area contributed by atoms with E-state index in [1.807, 2.05) is 13.0 Å². The maximum atomic E-state index is 12.1. The Morgan fingerprint density at radius 3 is 2.59 bits per heavy atom. The molecule has 2 aromatic rings. The maximum absolute atomic E-state index is 12.1. The summed E-state index contributed by atoms with van der Waals surface area (Å²) >= 11 is 1.51. The fourth-order valence-corrected chi connectivity index (χ4v) is 2.92. The Morgan fingerprint density at radius 2 is 2.00 bits per heavy atom. The summed E-state index contributed by atoms with van der Waals surface area (Å²) in [5, 5.41) is 0.648. The molecule has 0 atom stereocenters. The Bertz CT molecular complexity index is 676. The number of fused-ring (bicyclic) bond motifs is 1. The average molecular weight is 252 g/mol. The fraction of sp³-hybridized carbons (Fsp3) is 0.500. The van der Waals surface area contributed by atoms with Gasteiger partial charge >= 0.3 is 5.69 Å². The Balaban J connectivity index is 2.90. The molecule has 0 saturated heterocycles. The lowest BCUT2D eigenvalue weighted by Gasteiger charge is -2.11. The van der Waals surface area contributed by atoms with Crippen LogP contribution in [0.3, 0.4) is 0 Å². The van der Waals surface area contributed by atoms with Crippen LogP contribution < -0.4 is 11.2 Å². The number of rotatable bonds is 2. The van der Waals surface area contributed by atoms with Crippen molar-refractivity contribution in [1.82, 2.24) is 9.13 Å². The predicted octanol–water partition coefficient (Wildman–Crippen LogP) is 1.73. The third-order valence-electron chi connectivity index (χ3n) is 2.68. The molecule has 5 heteroatoms. The van der Waals surface area contributed by atoms with E-state index in [-0.39, 0.29) is 11.2 Å². The highest BCUT2D eigenvalue weighted by atomic mass is 32.1. The molecule has 92 valence electrons. The minimum Gasteiger partial charge on any atom is -0.284 e. The standard InChI is InChI=1S/C12H16N2O2S/c1-7(2)6-14-11-9(5-8(3)17-11)10(15)13(4)12(14)16/h5,7H,6H2,1-4H3. The number of aryl methyl sites for hydroxylation is 1. The molecule has 0 radical (unpaired) electrons. The van der Waals surface area contributed by atoms with Crippen LogP contribution in [0.2, 0.25) is 0 Å². The van der Waals surface area contributed by atoms with Crippen molar-refractivity contribution in [2.24, 2.45) is 13.0 Å². The minimum absolute atomic E-state index is 0.200. The van der Waals surface area contributed by atoms with E-state index < -0.39 is 0 Å². The highest BCUT2D eigenvalue weighted by Gasteiger charge is 2.13. The quantitative estimate of drug-likeness (QED) is 0.817. The zero-order valence-corrected chi connectivity index (χ0v) is 11.3. The highest BCUT2D eigenvalue weighted by molar-refractivity contribution is 7.18. The number of nitrogens with zero attached hydrogens (tertiary/aromatic N) is 2. The van der Waals surface area contributed by atoms with Crippen LogP contribution >= 0.6 is 11.3 Å². The Hall–Kier alpha value is -1.36. The van der Waals surface area contributed by atoms with Crippen molar-refractivity contribution >= 4 is 21.6 Å². The first-order chi connectivity index (χ1) is 7.91. The van der Waals surface area contributed by atoms with E-state index in [0.717, 1.165) is 9.71 Å². The molecular weight excluding hydrogens is 236 g/mol. The molecule has 0 bridgehead atoms. The molecule has 0 unspecified atom stereocenters.